The minimum Gasteiger partial charge on any atom is -0.452 e. The predicted molar refractivity (Wildman–Crippen MR) is 110 cm³/mol. The number of carbonyl (C=O) groups excluding carboxylic acids is 2. The zero-order valence-electron chi connectivity index (χ0n) is 16.7. The summed E-state index contributed by atoms with van der Waals surface area (Å²) in [6.07, 6.45) is 2.72. The molecule has 0 aromatic heterocycles. The Labute approximate surface area is 165 Å². The lowest BCUT2D eigenvalue weighted by Gasteiger charge is -2.20. The van der Waals surface area contributed by atoms with Crippen LogP contribution >= 0.6 is 0 Å². The highest BCUT2D eigenvalue weighted by Gasteiger charge is 2.16. The maximum atomic E-state index is 12.9. The van der Waals surface area contributed by atoms with E-state index in [1.165, 1.54) is 24.3 Å². The van der Waals surface area contributed by atoms with Gasteiger partial charge in [0.2, 0.25) is 0 Å². The Hall–Kier alpha value is -2.95. The van der Waals surface area contributed by atoms with E-state index in [-0.39, 0.29) is 24.3 Å². The fraction of sp³-hybridized carbons (Fsp3) is 0.304. The third-order valence-corrected chi connectivity index (χ3v) is 4.26. The van der Waals surface area contributed by atoms with Crippen LogP contribution in [0.3, 0.4) is 0 Å². The van der Waals surface area contributed by atoms with Gasteiger partial charge in [-0.3, -0.25) is 4.79 Å². The van der Waals surface area contributed by atoms with Crippen molar-refractivity contribution in [3.63, 3.8) is 0 Å². The van der Waals surface area contributed by atoms with E-state index in [9.17, 15) is 14.0 Å². The van der Waals surface area contributed by atoms with Crippen LogP contribution in [-0.2, 0) is 14.3 Å². The normalized spacial score (nSPS) is 11.2. The average molecular weight is 383 g/mol. The maximum absolute atomic E-state index is 12.9. The Kier molecular flexibility index (Phi) is 7.50. The van der Waals surface area contributed by atoms with Crippen molar-refractivity contribution in [2.45, 2.75) is 39.5 Å². The van der Waals surface area contributed by atoms with Gasteiger partial charge in [0.05, 0.1) is 0 Å². The second kappa shape index (κ2) is 9.83. The second-order valence-electron chi connectivity index (χ2n) is 7.16. The molecule has 2 aromatic carbocycles. The first kappa shape index (κ1) is 21.4. The first-order valence-corrected chi connectivity index (χ1v) is 9.31. The molecule has 2 rings (SSSR count). The van der Waals surface area contributed by atoms with Gasteiger partial charge in [0, 0.05) is 11.8 Å². The molecule has 0 heterocycles. The van der Waals surface area contributed by atoms with E-state index in [4.69, 9.17) is 4.74 Å². The quantitative estimate of drug-likeness (QED) is 0.524. The molecule has 0 saturated carbocycles. The van der Waals surface area contributed by atoms with E-state index in [0.717, 1.165) is 16.8 Å². The minimum atomic E-state index is -0.638. The van der Waals surface area contributed by atoms with Crippen molar-refractivity contribution in [1.29, 1.82) is 0 Å². The van der Waals surface area contributed by atoms with Crippen LogP contribution in [0.4, 0.5) is 10.1 Å². The van der Waals surface area contributed by atoms with Crippen molar-refractivity contribution in [2.24, 2.45) is 0 Å². The zero-order valence-corrected chi connectivity index (χ0v) is 16.7. The maximum Gasteiger partial charge on any atom is 0.331 e. The molecule has 5 heteroatoms. The molecule has 4 nitrogen and oxygen atoms in total. The molecule has 0 aliphatic rings. The minimum absolute atomic E-state index is 0.246. The lowest BCUT2D eigenvalue weighted by Crippen LogP contribution is -2.22. The SMILES string of the molecule is CC(C)c1cccc(C(C)C)c1NC(=O)COC(=O)/C=C/c1ccc(F)cc1. The van der Waals surface area contributed by atoms with Crippen molar-refractivity contribution >= 4 is 23.6 Å². The predicted octanol–water partition coefficient (Wildman–Crippen LogP) is 5.27. The van der Waals surface area contributed by atoms with Crippen LogP contribution in [0.5, 0.6) is 0 Å². The number of para-hydroxylation sites is 1. The number of halogens is 1. The molecule has 0 spiro atoms. The van der Waals surface area contributed by atoms with Crippen LogP contribution in [0.15, 0.2) is 48.5 Å². The van der Waals surface area contributed by atoms with E-state index in [1.54, 1.807) is 12.1 Å². The molecular formula is C23H26FNO3. The van der Waals surface area contributed by atoms with E-state index >= 15 is 0 Å². The van der Waals surface area contributed by atoms with Crippen molar-refractivity contribution in [3.05, 3.63) is 71.0 Å². The molecule has 2 aromatic rings. The summed E-state index contributed by atoms with van der Waals surface area (Å²) in [5, 5.41) is 2.90. The molecule has 1 amide bonds. The van der Waals surface area contributed by atoms with Crippen LogP contribution in [-0.4, -0.2) is 18.5 Å². The van der Waals surface area contributed by atoms with Gasteiger partial charge in [0.25, 0.3) is 5.91 Å². The number of hydrogen-bond donors (Lipinski definition) is 1. The van der Waals surface area contributed by atoms with Crippen LogP contribution in [0, 0.1) is 5.82 Å². The molecule has 0 bridgehead atoms. The van der Waals surface area contributed by atoms with Crippen molar-refractivity contribution in [2.75, 3.05) is 11.9 Å². The van der Waals surface area contributed by atoms with Gasteiger partial charge in [-0.2, -0.15) is 0 Å². The lowest BCUT2D eigenvalue weighted by molar-refractivity contribution is -0.142. The zero-order chi connectivity index (χ0) is 20.7. The summed E-state index contributed by atoms with van der Waals surface area (Å²) in [4.78, 5) is 24.2. The monoisotopic (exact) mass is 383 g/mol. The van der Waals surface area contributed by atoms with Gasteiger partial charge in [-0.15, -0.1) is 0 Å². The first-order valence-electron chi connectivity index (χ1n) is 9.31. The summed E-state index contributed by atoms with van der Waals surface area (Å²) < 4.78 is 17.9. The Morgan fingerprint density at radius 3 is 2.11 bits per heavy atom. The fourth-order valence-corrected chi connectivity index (χ4v) is 2.79. The van der Waals surface area contributed by atoms with Crippen molar-refractivity contribution < 1.29 is 18.7 Å². The van der Waals surface area contributed by atoms with E-state index < -0.39 is 11.9 Å². The molecule has 0 aliphatic heterocycles. The summed E-state index contributed by atoms with van der Waals surface area (Å²) in [6.45, 7) is 7.88. The molecule has 28 heavy (non-hydrogen) atoms. The molecule has 1 N–H and O–H groups in total. The summed E-state index contributed by atoms with van der Waals surface area (Å²) in [5.74, 6) is -0.886. The van der Waals surface area contributed by atoms with Crippen molar-refractivity contribution in [3.8, 4) is 0 Å². The highest BCUT2D eigenvalue weighted by molar-refractivity contribution is 5.96. The van der Waals surface area contributed by atoms with Crippen LogP contribution in [0.2, 0.25) is 0 Å². The molecule has 0 aliphatic carbocycles. The summed E-state index contributed by atoms with van der Waals surface area (Å²) in [5.41, 5.74) is 3.54. The van der Waals surface area contributed by atoms with Gasteiger partial charge in [-0.1, -0.05) is 58.0 Å². The van der Waals surface area contributed by atoms with Gasteiger partial charge >= 0.3 is 5.97 Å². The molecular weight excluding hydrogens is 357 g/mol. The topological polar surface area (TPSA) is 55.4 Å². The number of rotatable bonds is 7. The van der Waals surface area contributed by atoms with E-state index in [1.807, 2.05) is 18.2 Å². The smallest absolute Gasteiger partial charge is 0.331 e. The number of esters is 1. The highest BCUT2D eigenvalue weighted by atomic mass is 19.1. The summed E-state index contributed by atoms with van der Waals surface area (Å²) in [7, 11) is 0. The molecule has 0 radical (unpaired) electrons. The number of amides is 1. The van der Waals surface area contributed by atoms with Crippen LogP contribution in [0.25, 0.3) is 6.08 Å². The van der Waals surface area contributed by atoms with E-state index in [0.29, 0.717) is 5.56 Å². The lowest BCUT2D eigenvalue weighted by atomic mass is 9.92. The van der Waals surface area contributed by atoms with E-state index in [2.05, 4.69) is 33.0 Å². The highest BCUT2D eigenvalue weighted by Crippen LogP contribution is 2.32. The second-order valence-corrected chi connectivity index (χ2v) is 7.16. The number of ether oxygens (including phenoxy) is 1. The van der Waals surface area contributed by atoms with Gasteiger partial charge in [0.15, 0.2) is 6.61 Å². The fourth-order valence-electron chi connectivity index (χ4n) is 2.79. The standard InChI is InChI=1S/C23H26FNO3/c1-15(2)19-6-5-7-20(16(3)4)23(19)25-21(26)14-28-22(27)13-10-17-8-11-18(24)12-9-17/h5-13,15-16H,14H2,1-4H3,(H,25,26)/b13-10+. The number of carbonyl (C=O) groups is 2. The third kappa shape index (κ3) is 6.05. The third-order valence-electron chi connectivity index (χ3n) is 4.26. The molecule has 0 saturated heterocycles. The van der Waals surface area contributed by atoms with Crippen LogP contribution in [0.1, 0.15) is 56.2 Å². The van der Waals surface area contributed by atoms with Gasteiger partial charge in [0.1, 0.15) is 5.82 Å². The van der Waals surface area contributed by atoms with Gasteiger partial charge in [-0.05, 0) is 46.7 Å². The summed E-state index contributed by atoms with van der Waals surface area (Å²) in [6, 6.07) is 11.7. The number of hydrogen-bond acceptors (Lipinski definition) is 3. The molecule has 0 unspecified atom stereocenters. The van der Waals surface area contributed by atoms with Gasteiger partial charge in [-0.25, -0.2) is 9.18 Å². The van der Waals surface area contributed by atoms with Crippen LogP contribution < -0.4 is 5.32 Å². The molecule has 148 valence electrons. The van der Waals surface area contributed by atoms with Crippen molar-refractivity contribution in [1.82, 2.24) is 0 Å². The molecule has 0 atom stereocenters. The largest absolute Gasteiger partial charge is 0.452 e. The van der Waals surface area contributed by atoms with Gasteiger partial charge < -0.3 is 10.1 Å². The number of benzene rings is 2. The average Bonchev–Trinajstić information content (AvgIpc) is 2.65. The Balaban J connectivity index is 1.99. The Bertz CT molecular complexity index is 828. The Morgan fingerprint density at radius 2 is 1.57 bits per heavy atom. The number of nitrogens with one attached hydrogen (secondary N) is 1. The Morgan fingerprint density at radius 1 is 1.00 bits per heavy atom. The number of anilines is 1. The first-order chi connectivity index (χ1) is 13.3. The molecule has 0 fully saturated rings. The summed E-state index contributed by atoms with van der Waals surface area (Å²) >= 11 is 0.